The van der Waals surface area contributed by atoms with Gasteiger partial charge in [0, 0.05) is 51.2 Å². The van der Waals surface area contributed by atoms with Gasteiger partial charge in [0.05, 0.1) is 6.61 Å². The Bertz CT molecular complexity index is 384. The van der Waals surface area contributed by atoms with Crippen molar-refractivity contribution in [1.29, 1.82) is 0 Å². The fourth-order valence-corrected chi connectivity index (χ4v) is 3.75. The molecule has 0 spiro atoms. The molecule has 0 bridgehead atoms. The minimum Gasteiger partial charge on any atom is -0.372 e. The molecular weight excluding hydrogens is 314 g/mol. The Morgan fingerprint density at radius 2 is 1.56 bits per heavy atom. The predicted octanol–water partition coefficient (Wildman–Crippen LogP) is 1.97. The molecule has 0 aliphatic carbocycles. The van der Waals surface area contributed by atoms with Crippen LogP contribution in [0.3, 0.4) is 0 Å². The Morgan fingerprint density at radius 3 is 2.12 bits per heavy atom. The summed E-state index contributed by atoms with van der Waals surface area (Å²) in [4.78, 5) is 19.3. The molecule has 0 saturated carbocycles. The Morgan fingerprint density at radius 1 is 0.960 bits per heavy atom. The summed E-state index contributed by atoms with van der Waals surface area (Å²) >= 11 is 0. The third kappa shape index (κ3) is 7.33. The lowest BCUT2D eigenvalue weighted by atomic mass is 9.95. The molecule has 0 N–H and O–H groups in total. The first-order valence-corrected chi connectivity index (χ1v) is 10.2. The first-order valence-electron chi connectivity index (χ1n) is 10.2. The van der Waals surface area contributed by atoms with Gasteiger partial charge in [0.2, 0.25) is 0 Å². The van der Waals surface area contributed by atoms with E-state index in [1.165, 1.54) is 45.6 Å². The molecule has 0 amide bonds. The maximum absolute atomic E-state index is 11.5. The molecule has 146 valence electrons. The fraction of sp³-hybridized carbons (Fsp3) is 0.950. The number of nitrogens with zero attached hydrogens (tertiary/aromatic N) is 3. The van der Waals surface area contributed by atoms with Gasteiger partial charge in [0.1, 0.15) is 6.61 Å². The molecule has 25 heavy (non-hydrogen) atoms. The van der Waals surface area contributed by atoms with Gasteiger partial charge in [-0.15, -0.1) is 0 Å². The summed E-state index contributed by atoms with van der Waals surface area (Å²) in [6, 6.07) is 0.697. The smallest absolute Gasteiger partial charge is 0.160 e. The van der Waals surface area contributed by atoms with E-state index in [0.717, 1.165) is 25.6 Å². The Labute approximate surface area is 154 Å². The van der Waals surface area contributed by atoms with Gasteiger partial charge in [-0.1, -0.05) is 13.8 Å². The number of piperidine rings is 1. The molecule has 0 aromatic rings. The van der Waals surface area contributed by atoms with Gasteiger partial charge in [-0.2, -0.15) is 0 Å². The molecule has 0 unspecified atom stereocenters. The van der Waals surface area contributed by atoms with Crippen LogP contribution in [-0.4, -0.2) is 92.1 Å². The van der Waals surface area contributed by atoms with Gasteiger partial charge in [0.25, 0.3) is 0 Å². The van der Waals surface area contributed by atoms with Crippen LogP contribution in [-0.2, 0) is 9.53 Å². The molecule has 0 radical (unpaired) electrons. The molecule has 2 saturated heterocycles. The molecule has 0 aromatic heterocycles. The summed E-state index contributed by atoms with van der Waals surface area (Å²) < 4.78 is 5.53. The fourth-order valence-electron chi connectivity index (χ4n) is 3.75. The minimum absolute atomic E-state index is 0.0796. The number of carbonyl (C=O) groups is 1. The summed E-state index contributed by atoms with van der Waals surface area (Å²) in [5.41, 5.74) is 0. The highest BCUT2D eigenvalue weighted by molar-refractivity contribution is 5.81. The zero-order valence-electron chi connectivity index (χ0n) is 16.9. The van der Waals surface area contributed by atoms with Crippen LogP contribution in [0.25, 0.3) is 0 Å². The van der Waals surface area contributed by atoms with Crippen LogP contribution in [0.5, 0.6) is 0 Å². The number of hydrogen-bond acceptors (Lipinski definition) is 5. The number of ether oxygens (including phenoxy) is 1. The first-order chi connectivity index (χ1) is 12.0. The van der Waals surface area contributed by atoms with Gasteiger partial charge in [-0.3, -0.25) is 9.69 Å². The number of hydrogen-bond donors (Lipinski definition) is 0. The Hall–Kier alpha value is -0.490. The van der Waals surface area contributed by atoms with E-state index in [4.69, 9.17) is 4.74 Å². The van der Waals surface area contributed by atoms with Crippen molar-refractivity contribution in [2.45, 2.75) is 46.6 Å². The van der Waals surface area contributed by atoms with Crippen molar-refractivity contribution in [2.24, 2.45) is 11.8 Å². The Balaban J connectivity index is 1.54. The van der Waals surface area contributed by atoms with Crippen LogP contribution >= 0.6 is 0 Å². The molecule has 0 aromatic carbocycles. The second kappa shape index (κ2) is 10.6. The van der Waals surface area contributed by atoms with E-state index in [1.807, 2.05) is 13.8 Å². The van der Waals surface area contributed by atoms with Gasteiger partial charge >= 0.3 is 0 Å². The van der Waals surface area contributed by atoms with Crippen molar-refractivity contribution in [1.82, 2.24) is 14.7 Å². The van der Waals surface area contributed by atoms with E-state index < -0.39 is 0 Å². The van der Waals surface area contributed by atoms with Crippen molar-refractivity contribution >= 4 is 5.78 Å². The van der Waals surface area contributed by atoms with Gasteiger partial charge in [-0.05, 0) is 45.7 Å². The van der Waals surface area contributed by atoms with Crippen molar-refractivity contribution < 1.29 is 9.53 Å². The lowest BCUT2D eigenvalue weighted by Crippen LogP contribution is -2.49. The third-order valence-corrected chi connectivity index (χ3v) is 5.80. The third-order valence-electron chi connectivity index (χ3n) is 5.80. The van der Waals surface area contributed by atoms with Gasteiger partial charge < -0.3 is 14.5 Å². The van der Waals surface area contributed by atoms with E-state index in [-0.39, 0.29) is 18.3 Å². The van der Waals surface area contributed by atoms with Crippen molar-refractivity contribution in [2.75, 3.05) is 65.6 Å². The maximum Gasteiger partial charge on any atom is 0.160 e. The van der Waals surface area contributed by atoms with E-state index in [1.54, 1.807) is 0 Å². The van der Waals surface area contributed by atoms with E-state index >= 15 is 0 Å². The summed E-state index contributed by atoms with van der Waals surface area (Å²) in [6.07, 6.45) is 2.71. The molecule has 2 heterocycles. The molecule has 5 heteroatoms. The van der Waals surface area contributed by atoms with Gasteiger partial charge in [0.15, 0.2) is 5.78 Å². The summed E-state index contributed by atoms with van der Waals surface area (Å²) in [6.45, 7) is 18.8. The lowest BCUT2D eigenvalue weighted by Gasteiger charge is -2.39. The topological polar surface area (TPSA) is 36.0 Å². The quantitative estimate of drug-likeness (QED) is 0.592. The number of likely N-dealkylation sites (tertiary alicyclic amines) is 1. The molecule has 5 nitrogen and oxygen atoms in total. The summed E-state index contributed by atoms with van der Waals surface area (Å²) in [7, 11) is 0. The predicted molar refractivity (Wildman–Crippen MR) is 103 cm³/mol. The molecule has 2 fully saturated rings. The summed E-state index contributed by atoms with van der Waals surface area (Å²) in [5.74, 6) is 1.16. The van der Waals surface area contributed by atoms with Crippen LogP contribution in [0.1, 0.15) is 40.5 Å². The van der Waals surface area contributed by atoms with E-state index in [2.05, 4.69) is 28.5 Å². The molecular formula is C20H39N3O2. The highest BCUT2D eigenvalue weighted by Gasteiger charge is 2.24. The normalized spacial score (nSPS) is 22.2. The van der Waals surface area contributed by atoms with Gasteiger partial charge in [-0.25, -0.2) is 0 Å². The number of carbonyl (C=O) groups excluding carboxylic acids is 1. The number of Topliss-reactive ketones (excluding diaryl/α,β-unsaturated/α-hetero) is 1. The van der Waals surface area contributed by atoms with Crippen molar-refractivity contribution in [3.63, 3.8) is 0 Å². The lowest BCUT2D eigenvalue weighted by molar-refractivity contribution is -0.126. The minimum atomic E-state index is 0.0796. The molecule has 2 aliphatic rings. The zero-order chi connectivity index (χ0) is 18.2. The molecule has 2 rings (SSSR count). The average molecular weight is 354 g/mol. The number of ketones is 1. The first kappa shape index (κ1) is 20.8. The second-order valence-corrected chi connectivity index (χ2v) is 8.39. The monoisotopic (exact) mass is 353 g/mol. The highest BCUT2D eigenvalue weighted by Crippen LogP contribution is 2.20. The number of rotatable bonds is 9. The number of piperazine rings is 1. The van der Waals surface area contributed by atoms with E-state index in [9.17, 15) is 4.79 Å². The summed E-state index contributed by atoms with van der Waals surface area (Å²) in [5, 5.41) is 0. The van der Waals surface area contributed by atoms with Crippen LogP contribution in [0.4, 0.5) is 0 Å². The largest absolute Gasteiger partial charge is 0.372 e. The standard InChI is InChI=1S/C20H39N3O2/c1-17(2)20(24)16-25-14-13-21-9-11-22(12-10-21)15-19-5-7-23(8-6-19)18(3)4/h17-19H,5-16H2,1-4H3. The second-order valence-electron chi connectivity index (χ2n) is 8.39. The van der Waals surface area contributed by atoms with E-state index in [0.29, 0.717) is 12.6 Å². The maximum atomic E-state index is 11.5. The highest BCUT2D eigenvalue weighted by atomic mass is 16.5. The molecule has 2 aliphatic heterocycles. The SMILES string of the molecule is CC(C)C(=O)COCCN1CCN(CC2CCN(C(C)C)CC2)CC1. The molecule has 0 atom stereocenters. The van der Waals surface area contributed by atoms with Crippen molar-refractivity contribution in [3.8, 4) is 0 Å². The zero-order valence-corrected chi connectivity index (χ0v) is 16.9. The Kier molecular flexibility index (Phi) is 8.83. The van der Waals surface area contributed by atoms with Crippen molar-refractivity contribution in [3.05, 3.63) is 0 Å². The van der Waals surface area contributed by atoms with Crippen LogP contribution < -0.4 is 0 Å². The van der Waals surface area contributed by atoms with Crippen LogP contribution in [0.15, 0.2) is 0 Å². The van der Waals surface area contributed by atoms with Crippen LogP contribution in [0, 0.1) is 11.8 Å². The van der Waals surface area contributed by atoms with Crippen LogP contribution in [0.2, 0.25) is 0 Å². The average Bonchev–Trinajstić information content (AvgIpc) is 2.60.